The Morgan fingerprint density at radius 1 is 1.18 bits per heavy atom. The van der Waals surface area contributed by atoms with E-state index in [2.05, 4.69) is 0 Å². The van der Waals surface area contributed by atoms with Crippen molar-refractivity contribution in [1.29, 1.82) is 0 Å². The molecule has 1 aromatic heterocycles. The topological polar surface area (TPSA) is 30.2 Å². The van der Waals surface area contributed by atoms with Crippen molar-refractivity contribution >= 4 is 5.78 Å². The molecule has 0 radical (unpaired) electrons. The van der Waals surface area contributed by atoms with Crippen molar-refractivity contribution in [2.75, 3.05) is 0 Å². The Balaban J connectivity index is 2.14. The minimum Gasteiger partial charge on any atom is -0.469 e. The van der Waals surface area contributed by atoms with Gasteiger partial charge >= 0.3 is 0 Å². The lowest BCUT2D eigenvalue weighted by Crippen LogP contribution is -2.04. The predicted octanol–water partition coefficient (Wildman–Crippen LogP) is 3.58. The molecule has 2 nitrogen and oxygen atoms in total. The lowest BCUT2D eigenvalue weighted by atomic mass is 10.0. The molecule has 0 unspecified atom stereocenters. The van der Waals surface area contributed by atoms with E-state index in [1.807, 2.05) is 38.1 Å². The van der Waals surface area contributed by atoms with Gasteiger partial charge in [0.25, 0.3) is 0 Å². The zero-order valence-electron chi connectivity index (χ0n) is 10.2. The van der Waals surface area contributed by atoms with Gasteiger partial charge in [-0.25, -0.2) is 0 Å². The molecule has 0 saturated heterocycles. The van der Waals surface area contributed by atoms with Gasteiger partial charge in [-0.15, -0.1) is 0 Å². The van der Waals surface area contributed by atoms with E-state index in [1.54, 1.807) is 12.3 Å². The van der Waals surface area contributed by atoms with E-state index in [1.165, 1.54) is 5.56 Å². The van der Waals surface area contributed by atoms with Crippen molar-refractivity contribution in [2.45, 2.75) is 26.7 Å². The largest absolute Gasteiger partial charge is 0.469 e. The van der Waals surface area contributed by atoms with Gasteiger partial charge in [0.1, 0.15) is 5.76 Å². The highest BCUT2D eigenvalue weighted by molar-refractivity contribution is 5.98. The number of carbonyl (C=O) groups is 1. The van der Waals surface area contributed by atoms with Crippen molar-refractivity contribution in [2.24, 2.45) is 0 Å². The lowest BCUT2D eigenvalue weighted by Gasteiger charge is -2.01. The fourth-order valence-corrected chi connectivity index (χ4v) is 1.85. The summed E-state index contributed by atoms with van der Waals surface area (Å²) in [7, 11) is 0. The van der Waals surface area contributed by atoms with E-state index in [9.17, 15) is 4.79 Å². The van der Waals surface area contributed by atoms with Crippen molar-refractivity contribution in [3.8, 4) is 0 Å². The van der Waals surface area contributed by atoms with Crippen LogP contribution in [0, 0.1) is 6.92 Å². The molecule has 0 aliphatic heterocycles. The van der Waals surface area contributed by atoms with Gasteiger partial charge in [-0.2, -0.15) is 0 Å². The Labute approximate surface area is 101 Å². The third-order valence-electron chi connectivity index (χ3n) is 2.85. The van der Waals surface area contributed by atoms with Gasteiger partial charge in [0.05, 0.1) is 11.8 Å². The quantitative estimate of drug-likeness (QED) is 0.749. The first kappa shape index (κ1) is 11.6. The smallest absolute Gasteiger partial charge is 0.170 e. The lowest BCUT2D eigenvalue weighted by molar-refractivity contribution is 0.0991. The molecule has 0 spiro atoms. The number of hydrogen-bond donors (Lipinski definition) is 0. The summed E-state index contributed by atoms with van der Waals surface area (Å²) in [6.07, 6.45) is 2.77. The summed E-state index contributed by atoms with van der Waals surface area (Å²) in [5.41, 5.74) is 2.97. The number of Topliss-reactive ketones (excluding diaryl/α,β-unsaturated/α-hetero) is 1. The number of aryl methyl sites for hydroxylation is 2. The van der Waals surface area contributed by atoms with E-state index in [-0.39, 0.29) is 5.78 Å². The SMILES string of the molecule is CCc1occc1C(=O)Cc1ccc(C)cc1. The second kappa shape index (κ2) is 5.00. The van der Waals surface area contributed by atoms with Crippen LogP contribution in [0.4, 0.5) is 0 Å². The molecule has 0 N–H and O–H groups in total. The summed E-state index contributed by atoms with van der Waals surface area (Å²) in [5.74, 6) is 0.904. The highest BCUT2D eigenvalue weighted by Crippen LogP contribution is 2.15. The van der Waals surface area contributed by atoms with Crippen LogP contribution >= 0.6 is 0 Å². The second-order valence-corrected chi connectivity index (χ2v) is 4.20. The first-order chi connectivity index (χ1) is 8.20. The minimum absolute atomic E-state index is 0.124. The van der Waals surface area contributed by atoms with Crippen LogP contribution in [0.3, 0.4) is 0 Å². The number of carbonyl (C=O) groups excluding carboxylic acids is 1. The highest BCUT2D eigenvalue weighted by atomic mass is 16.3. The van der Waals surface area contributed by atoms with E-state index in [0.29, 0.717) is 12.0 Å². The summed E-state index contributed by atoms with van der Waals surface area (Å²) in [4.78, 5) is 12.1. The number of furan rings is 1. The van der Waals surface area contributed by atoms with Crippen LogP contribution in [0.15, 0.2) is 41.0 Å². The summed E-state index contributed by atoms with van der Waals surface area (Å²) in [6, 6.07) is 9.81. The summed E-state index contributed by atoms with van der Waals surface area (Å²) in [6.45, 7) is 4.03. The zero-order valence-corrected chi connectivity index (χ0v) is 10.2. The van der Waals surface area contributed by atoms with Gasteiger partial charge in [0, 0.05) is 12.8 Å². The molecule has 2 aromatic rings. The van der Waals surface area contributed by atoms with Crippen LogP contribution in [0.1, 0.15) is 34.2 Å². The molecule has 0 aliphatic carbocycles. The van der Waals surface area contributed by atoms with Gasteiger partial charge in [-0.3, -0.25) is 4.79 Å². The molecule has 88 valence electrons. The maximum atomic E-state index is 12.1. The molecule has 1 aromatic carbocycles. The minimum atomic E-state index is 0.124. The second-order valence-electron chi connectivity index (χ2n) is 4.20. The van der Waals surface area contributed by atoms with Gasteiger partial charge < -0.3 is 4.42 Å². The number of rotatable bonds is 4. The maximum Gasteiger partial charge on any atom is 0.170 e. The first-order valence-electron chi connectivity index (χ1n) is 5.86. The van der Waals surface area contributed by atoms with E-state index < -0.39 is 0 Å². The van der Waals surface area contributed by atoms with Gasteiger partial charge in [0.2, 0.25) is 0 Å². The number of ketones is 1. The standard InChI is InChI=1S/C15H16O2/c1-3-15-13(8-9-17-15)14(16)10-12-6-4-11(2)5-7-12/h4-9H,3,10H2,1-2H3. The van der Waals surface area contributed by atoms with Crippen LogP contribution in [0.2, 0.25) is 0 Å². The Kier molecular flexibility index (Phi) is 3.43. The van der Waals surface area contributed by atoms with Crippen LogP contribution in [-0.4, -0.2) is 5.78 Å². The zero-order chi connectivity index (χ0) is 12.3. The molecule has 2 heteroatoms. The third-order valence-corrected chi connectivity index (χ3v) is 2.85. The van der Waals surface area contributed by atoms with Gasteiger partial charge in [-0.1, -0.05) is 36.8 Å². The fourth-order valence-electron chi connectivity index (χ4n) is 1.85. The molecular weight excluding hydrogens is 212 g/mol. The Bertz CT molecular complexity index is 506. The molecular formula is C15H16O2. The van der Waals surface area contributed by atoms with E-state index >= 15 is 0 Å². The predicted molar refractivity (Wildman–Crippen MR) is 67.3 cm³/mol. The fraction of sp³-hybridized carbons (Fsp3) is 0.267. The average Bonchev–Trinajstić information content (AvgIpc) is 2.80. The van der Waals surface area contributed by atoms with Crippen LogP contribution in [0.25, 0.3) is 0 Å². The van der Waals surface area contributed by atoms with Crippen LogP contribution < -0.4 is 0 Å². The van der Waals surface area contributed by atoms with E-state index in [0.717, 1.165) is 17.7 Å². The summed E-state index contributed by atoms with van der Waals surface area (Å²) >= 11 is 0. The van der Waals surface area contributed by atoms with E-state index in [4.69, 9.17) is 4.42 Å². The van der Waals surface area contributed by atoms with Crippen LogP contribution in [-0.2, 0) is 12.8 Å². The molecule has 0 bridgehead atoms. The van der Waals surface area contributed by atoms with Crippen molar-refractivity contribution in [1.82, 2.24) is 0 Å². The highest BCUT2D eigenvalue weighted by Gasteiger charge is 2.13. The van der Waals surface area contributed by atoms with Crippen molar-refractivity contribution in [3.63, 3.8) is 0 Å². The molecule has 0 saturated carbocycles. The molecule has 0 atom stereocenters. The number of hydrogen-bond acceptors (Lipinski definition) is 2. The van der Waals surface area contributed by atoms with Crippen molar-refractivity contribution in [3.05, 3.63) is 59.0 Å². The third kappa shape index (κ3) is 2.64. The molecule has 0 fully saturated rings. The first-order valence-corrected chi connectivity index (χ1v) is 5.86. The molecule has 0 aliphatic rings. The Morgan fingerprint density at radius 2 is 1.88 bits per heavy atom. The van der Waals surface area contributed by atoms with Crippen molar-refractivity contribution < 1.29 is 9.21 Å². The Hall–Kier alpha value is -1.83. The molecule has 1 heterocycles. The molecule has 2 rings (SSSR count). The molecule has 0 amide bonds. The van der Waals surface area contributed by atoms with Gasteiger partial charge in [0.15, 0.2) is 5.78 Å². The Morgan fingerprint density at radius 3 is 2.53 bits per heavy atom. The van der Waals surface area contributed by atoms with Gasteiger partial charge in [-0.05, 0) is 18.6 Å². The molecule has 17 heavy (non-hydrogen) atoms. The summed E-state index contributed by atoms with van der Waals surface area (Å²) in [5, 5.41) is 0. The summed E-state index contributed by atoms with van der Waals surface area (Å²) < 4.78 is 5.27. The number of benzene rings is 1. The monoisotopic (exact) mass is 228 g/mol. The normalized spacial score (nSPS) is 10.5. The van der Waals surface area contributed by atoms with Crippen LogP contribution in [0.5, 0.6) is 0 Å². The average molecular weight is 228 g/mol. The maximum absolute atomic E-state index is 12.1.